The Balaban J connectivity index is 2.32. The number of ether oxygens (including phenoxy) is 2. The molecule has 0 aliphatic carbocycles. The lowest BCUT2D eigenvalue weighted by Gasteiger charge is -2.14. The molecule has 26 heavy (non-hydrogen) atoms. The van der Waals surface area contributed by atoms with Crippen LogP contribution >= 0.6 is 0 Å². The topological polar surface area (TPSA) is 93.7 Å². The molecule has 8 heteroatoms. The third-order valence-electron chi connectivity index (χ3n) is 3.48. The minimum absolute atomic E-state index is 0.0215. The number of carbonyl (C=O) groups excluding carboxylic acids is 1. The molecule has 0 saturated carbocycles. The van der Waals surface area contributed by atoms with Crippen LogP contribution in [0, 0.1) is 0 Å². The van der Waals surface area contributed by atoms with Crippen LogP contribution in [0.5, 0.6) is 11.5 Å². The van der Waals surface area contributed by atoms with Crippen LogP contribution in [-0.4, -0.2) is 34.6 Å². The van der Waals surface area contributed by atoms with Gasteiger partial charge in [-0.15, -0.1) is 0 Å². The van der Waals surface area contributed by atoms with E-state index in [1.807, 2.05) is 13.8 Å². The zero-order chi connectivity index (χ0) is 19.3. The lowest BCUT2D eigenvalue weighted by Crippen LogP contribution is -2.30. The van der Waals surface area contributed by atoms with Gasteiger partial charge in [0.1, 0.15) is 11.5 Å². The van der Waals surface area contributed by atoms with Gasteiger partial charge < -0.3 is 14.8 Å². The van der Waals surface area contributed by atoms with Crippen molar-refractivity contribution in [3.63, 3.8) is 0 Å². The number of hydrogen-bond acceptors (Lipinski definition) is 5. The van der Waals surface area contributed by atoms with Crippen molar-refractivity contribution in [2.45, 2.75) is 24.8 Å². The van der Waals surface area contributed by atoms with Gasteiger partial charge in [0.15, 0.2) is 0 Å². The number of carbonyl (C=O) groups is 1. The predicted octanol–water partition coefficient (Wildman–Crippen LogP) is 2.64. The molecule has 0 bridgehead atoms. The first-order chi connectivity index (χ1) is 12.3. The molecule has 0 unspecified atom stereocenters. The monoisotopic (exact) mass is 378 g/mol. The summed E-state index contributed by atoms with van der Waals surface area (Å²) in [4.78, 5) is 12.1. The quantitative estimate of drug-likeness (QED) is 0.772. The van der Waals surface area contributed by atoms with Crippen molar-refractivity contribution >= 4 is 21.6 Å². The van der Waals surface area contributed by atoms with E-state index in [0.717, 1.165) is 0 Å². The molecule has 7 nitrogen and oxygen atoms in total. The Hall–Kier alpha value is -2.74. The summed E-state index contributed by atoms with van der Waals surface area (Å²) in [5.74, 6) is 0.526. The normalized spacial score (nSPS) is 11.1. The number of anilines is 1. The molecule has 0 spiro atoms. The molecule has 0 atom stereocenters. The molecule has 2 aromatic rings. The van der Waals surface area contributed by atoms with Crippen LogP contribution in [0.2, 0.25) is 0 Å². The Morgan fingerprint density at radius 3 is 2.38 bits per heavy atom. The van der Waals surface area contributed by atoms with Gasteiger partial charge in [0.2, 0.25) is 0 Å². The summed E-state index contributed by atoms with van der Waals surface area (Å²) in [5, 5.41) is 2.73. The van der Waals surface area contributed by atoms with Crippen molar-refractivity contribution in [2.24, 2.45) is 0 Å². The van der Waals surface area contributed by atoms with E-state index in [0.29, 0.717) is 11.5 Å². The summed E-state index contributed by atoms with van der Waals surface area (Å²) in [7, 11) is -0.961. The molecule has 0 aliphatic rings. The highest BCUT2D eigenvalue weighted by molar-refractivity contribution is 7.92. The molecule has 0 heterocycles. The Labute approximate surface area is 153 Å². The summed E-state index contributed by atoms with van der Waals surface area (Å²) < 4.78 is 38.2. The minimum Gasteiger partial charge on any atom is -0.497 e. The average molecular weight is 378 g/mol. The maximum absolute atomic E-state index is 12.7. The zero-order valence-corrected chi connectivity index (χ0v) is 15.9. The van der Waals surface area contributed by atoms with Crippen LogP contribution in [0.3, 0.4) is 0 Å². The molecular weight excluding hydrogens is 356 g/mol. The van der Waals surface area contributed by atoms with Crippen molar-refractivity contribution in [3.8, 4) is 11.5 Å². The fourth-order valence-electron chi connectivity index (χ4n) is 2.24. The van der Waals surface area contributed by atoms with Gasteiger partial charge in [-0.1, -0.05) is 6.07 Å². The summed E-state index contributed by atoms with van der Waals surface area (Å²) in [6.45, 7) is 3.66. The molecule has 2 N–H and O–H groups in total. The zero-order valence-electron chi connectivity index (χ0n) is 15.1. The third-order valence-corrected chi connectivity index (χ3v) is 4.84. The molecule has 2 rings (SSSR count). The van der Waals surface area contributed by atoms with Gasteiger partial charge in [-0.3, -0.25) is 9.52 Å². The van der Waals surface area contributed by atoms with Crippen molar-refractivity contribution < 1.29 is 22.7 Å². The molecular formula is C18H22N2O5S. The second-order valence-corrected chi connectivity index (χ2v) is 7.51. The number of hydrogen-bond donors (Lipinski definition) is 2. The Kier molecular flexibility index (Phi) is 6.10. The van der Waals surface area contributed by atoms with E-state index in [1.54, 1.807) is 24.3 Å². The first kappa shape index (κ1) is 19.6. The van der Waals surface area contributed by atoms with Gasteiger partial charge in [-0.05, 0) is 44.2 Å². The van der Waals surface area contributed by atoms with E-state index < -0.39 is 10.0 Å². The predicted molar refractivity (Wildman–Crippen MR) is 99.4 cm³/mol. The van der Waals surface area contributed by atoms with E-state index in [4.69, 9.17) is 9.47 Å². The number of rotatable bonds is 7. The third kappa shape index (κ3) is 4.66. The van der Waals surface area contributed by atoms with E-state index in [-0.39, 0.29) is 28.1 Å². The molecule has 140 valence electrons. The molecule has 2 aromatic carbocycles. The lowest BCUT2D eigenvalue weighted by molar-refractivity contribution is 0.0943. The van der Waals surface area contributed by atoms with E-state index in [9.17, 15) is 13.2 Å². The van der Waals surface area contributed by atoms with Gasteiger partial charge in [0.25, 0.3) is 15.9 Å². The standard InChI is InChI=1S/C18H22N2O5S/c1-12(2)19-18(21)13-6-5-7-15(10-13)26(22,23)20-16-9-8-14(24-3)11-17(16)25-4/h5-12,20H,1-4H3,(H,19,21). The Bertz CT molecular complexity index is 894. The smallest absolute Gasteiger partial charge is 0.262 e. The van der Waals surface area contributed by atoms with Crippen LogP contribution in [0.1, 0.15) is 24.2 Å². The van der Waals surface area contributed by atoms with Gasteiger partial charge in [-0.25, -0.2) is 8.42 Å². The minimum atomic E-state index is -3.90. The Morgan fingerprint density at radius 1 is 1.04 bits per heavy atom. The highest BCUT2D eigenvalue weighted by Crippen LogP contribution is 2.30. The largest absolute Gasteiger partial charge is 0.497 e. The highest BCUT2D eigenvalue weighted by atomic mass is 32.2. The number of amides is 1. The highest BCUT2D eigenvalue weighted by Gasteiger charge is 2.19. The van der Waals surface area contributed by atoms with Gasteiger partial charge in [0.05, 0.1) is 24.8 Å². The fraction of sp³-hybridized carbons (Fsp3) is 0.278. The molecule has 0 fully saturated rings. The molecule has 0 aromatic heterocycles. The average Bonchev–Trinajstić information content (AvgIpc) is 2.61. The molecule has 0 aliphatic heterocycles. The molecule has 1 amide bonds. The SMILES string of the molecule is COc1ccc(NS(=O)(=O)c2cccc(C(=O)NC(C)C)c2)c(OC)c1. The van der Waals surface area contributed by atoms with Crippen LogP contribution in [0.4, 0.5) is 5.69 Å². The van der Waals surface area contributed by atoms with Gasteiger partial charge in [0, 0.05) is 17.7 Å². The van der Waals surface area contributed by atoms with Crippen molar-refractivity contribution in [3.05, 3.63) is 48.0 Å². The number of sulfonamides is 1. The molecule has 0 radical (unpaired) electrons. The first-order valence-electron chi connectivity index (χ1n) is 7.92. The maximum atomic E-state index is 12.7. The fourth-order valence-corrected chi connectivity index (χ4v) is 3.35. The summed E-state index contributed by atoms with van der Waals surface area (Å²) in [6, 6.07) is 10.5. The number of nitrogens with one attached hydrogen (secondary N) is 2. The van der Waals surface area contributed by atoms with Crippen molar-refractivity contribution in [1.29, 1.82) is 0 Å². The number of methoxy groups -OCH3 is 2. The Morgan fingerprint density at radius 2 is 1.77 bits per heavy atom. The summed E-state index contributed by atoms with van der Waals surface area (Å²) >= 11 is 0. The lowest BCUT2D eigenvalue weighted by atomic mass is 10.2. The second kappa shape index (κ2) is 8.09. The summed E-state index contributed by atoms with van der Waals surface area (Å²) in [5.41, 5.74) is 0.536. The van der Waals surface area contributed by atoms with E-state index in [1.165, 1.54) is 32.4 Å². The van der Waals surface area contributed by atoms with Crippen LogP contribution in [-0.2, 0) is 10.0 Å². The van der Waals surface area contributed by atoms with Crippen LogP contribution in [0.15, 0.2) is 47.4 Å². The van der Waals surface area contributed by atoms with E-state index in [2.05, 4.69) is 10.0 Å². The first-order valence-corrected chi connectivity index (χ1v) is 9.41. The van der Waals surface area contributed by atoms with Gasteiger partial charge >= 0.3 is 0 Å². The van der Waals surface area contributed by atoms with Gasteiger partial charge in [-0.2, -0.15) is 0 Å². The van der Waals surface area contributed by atoms with Crippen molar-refractivity contribution in [2.75, 3.05) is 18.9 Å². The maximum Gasteiger partial charge on any atom is 0.262 e. The number of benzene rings is 2. The summed E-state index contributed by atoms with van der Waals surface area (Å²) in [6.07, 6.45) is 0. The van der Waals surface area contributed by atoms with E-state index >= 15 is 0 Å². The second-order valence-electron chi connectivity index (χ2n) is 5.83. The molecule has 0 saturated heterocycles. The van der Waals surface area contributed by atoms with Crippen LogP contribution < -0.4 is 19.5 Å². The van der Waals surface area contributed by atoms with Crippen LogP contribution in [0.25, 0.3) is 0 Å². The van der Waals surface area contributed by atoms with Crippen molar-refractivity contribution in [1.82, 2.24) is 5.32 Å².